The molecular formula is C13H21NO2. The minimum Gasteiger partial charge on any atom is -0.286 e. The van der Waals surface area contributed by atoms with Crippen molar-refractivity contribution in [3.05, 3.63) is 0 Å². The lowest BCUT2D eigenvalue weighted by Crippen LogP contribution is -2.45. The predicted molar refractivity (Wildman–Crippen MR) is 59.8 cm³/mol. The minimum absolute atomic E-state index is 0.0234. The molecule has 0 spiro atoms. The second kappa shape index (κ2) is 3.46. The van der Waals surface area contributed by atoms with Gasteiger partial charge in [-0.3, -0.25) is 10.0 Å². The Morgan fingerprint density at radius 1 is 1.19 bits per heavy atom. The van der Waals surface area contributed by atoms with E-state index < -0.39 is 0 Å². The molecule has 0 radical (unpaired) electrons. The number of hydrogen-bond donors (Lipinski definition) is 1. The van der Waals surface area contributed by atoms with Crippen LogP contribution >= 0.6 is 0 Å². The zero-order valence-electron chi connectivity index (χ0n) is 9.98. The summed E-state index contributed by atoms with van der Waals surface area (Å²) in [4.78, 5) is 12.2. The molecule has 4 aliphatic carbocycles. The van der Waals surface area contributed by atoms with E-state index in [0.717, 1.165) is 42.1 Å². The van der Waals surface area contributed by atoms with E-state index in [0.29, 0.717) is 0 Å². The Hall–Kier alpha value is -0.570. The average Bonchev–Trinajstić information content (AvgIpc) is 2.43. The van der Waals surface area contributed by atoms with Crippen LogP contribution in [-0.4, -0.2) is 23.2 Å². The maximum absolute atomic E-state index is 12.2. The summed E-state index contributed by atoms with van der Waals surface area (Å²) in [6.45, 7) is 0. The maximum atomic E-state index is 12.2. The Labute approximate surface area is 96.8 Å². The van der Waals surface area contributed by atoms with Gasteiger partial charge in [-0.1, -0.05) is 0 Å². The van der Waals surface area contributed by atoms with Crippen LogP contribution in [0.5, 0.6) is 0 Å². The van der Waals surface area contributed by atoms with Crippen molar-refractivity contribution in [2.75, 3.05) is 7.05 Å². The molecule has 1 amide bonds. The first-order chi connectivity index (χ1) is 7.59. The predicted octanol–water partition coefficient (Wildman–Crippen LogP) is 2.44. The third-order valence-corrected chi connectivity index (χ3v) is 5.14. The van der Waals surface area contributed by atoms with Crippen LogP contribution in [0.4, 0.5) is 0 Å². The second-order valence-corrected chi connectivity index (χ2v) is 6.36. The zero-order valence-corrected chi connectivity index (χ0v) is 9.98. The molecule has 0 aromatic carbocycles. The fourth-order valence-corrected chi connectivity index (χ4v) is 4.77. The van der Waals surface area contributed by atoms with Crippen molar-refractivity contribution in [1.29, 1.82) is 0 Å². The summed E-state index contributed by atoms with van der Waals surface area (Å²) in [5.74, 6) is 2.35. The molecular weight excluding hydrogens is 202 g/mol. The van der Waals surface area contributed by atoms with Crippen molar-refractivity contribution in [1.82, 2.24) is 5.06 Å². The Morgan fingerprint density at radius 3 is 2.31 bits per heavy atom. The van der Waals surface area contributed by atoms with E-state index in [1.807, 2.05) is 0 Å². The van der Waals surface area contributed by atoms with Gasteiger partial charge >= 0.3 is 0 Å². The van der Waals surface area contributed by atoms with E-state index in [-0.39, 0.29) is 11.3 Å². The number of rotatable bonds is 1. The fourth-order valence-electron chi connectivity index (χ4n) is 4.77. The van der Waals surface area contributed by atoms with Crippen molar-refractivity contribution in [3.63, 3.8) is 0 Å². The molecule has 3 heteroatoms. The molecule has 1 N–H and O–H groups in total. The summed E-state index contributed by atoms with van der Waals surface area (Å²) < 4.78 is 0. The van der Waals surface area contributed by atoms with Gasteiger partial charge in [0.15, 0.2) is 0 Å². The third kappa shape index (κ3) is 1.48. The Morgan fingerprint density at radius 2 is 1.75 bits per heavy atom. The van der Waals surface area contributed by atoms with Gasteiger partial charge in [-0.2, -0.15) is 0 Å². The van der Waals surface area contributed by atoms with E-state index in [2.05, 4.69) is 0 Å². The van der Waals surface area contributed by atoms with Crippen molar-refractivity contribution >= 4 is 5.91 Å². The number of amides is 1. The molecule has 3 nitrogen and oxygen atoms in total. The van der Waals surface area contributed by atoms with Gasteiger partial charge in [0, 0.05) is 7.05 Å². The molecule has 2 atom stereocenters. The Bertz CT molecular complexity index is 299. The first-order valence-electron chi connectivity index (χ1n) is 6.56. The molecule has 4 bridgehead atoms. The highest BCUT2D eigenvalue weighted by molar-refractivity contribution is 5.81. The number of hydrogen-bond acceptors (Lipinski definition) is 2. The van der Waals surface area contributed by atoms with Crippen LogP contribution in [0.3, 0.4) is 0 Å². The van der Waals surface area contributed by atoms with Gasteiger partial charge < -0.3 is 0 Å². The summed E-state index contributed by atoms with van der Waals surface area (Å²) >= 11 is 0. The lowest BCUT2D eigenvalue weighted by Gasteiger charge is -2.44. The molecule has 4 fully saturated rings. The lowest BCUT2D eigenvalue weighted by atomic mass is 9.61. The number of carbonyl (C=O) groups is 1. The molecule has 4 rings (SSSR count). The largest absolute Gasteiger partial charge is 0.286 e. The van der Waals surface area contributed by atoms with E-state index >= 15 is 0 Å². The molecule has 4 saturated carbocycles. The van der Waals surface area contributed by atoms with Crippen molar-refractivity contribution in [2.24, 2.45) is 23.2 Å². The summed E-state index contributed by atoms with van der Waals surface area (Å²) in [7, 11) is 1.48. The second-order valence-electron chi connectivity index (χ2n) is 6.36. The highest BCUT2D eigenvalue weighted by Crippen LogP contribution is 2.57. The van der Waals surface area contributed by atoms with E-state index in [4.69, 9.17) is 0 Å². The van der Waals surface area contributed by atoms with Gasteiger partial charge in [-0.25, -0.2) is 5.06 Å². The summed E-state index contributed by atoms with van der Waals surface area (Å²) in [5, 5.41) is 10.3. The average molecular weight is 223 g/mol. The minimum atomic E-state index is -0.206. The molecule has 2 unspecified atom stereocenters. The first-order valence-corrected chi connectivity index (χ1v) is 6.56. The molecule has 16 heavy (non-hydrogen) atoms. The number of fused-ring (bicyclic) bond motifs is 1. The highest BCUT2D eigenvalue weighted by atomic mass is 16.5. The van der Waals surface area contributed by atoms with Crippen LogP contribution in [-0.2, 0) is 4.79 Å². The number of carbonyl (C=O) groups excluding carboxylic acids is 1. The summed E-state index contributed by atoms with van der Waals surface area (Å²) in [6, 6.07) is 0. The van der Waals surface area contributed by atoms with Gasteiger partial charge in [0.05, 0.1) is 5.41 Å². The van der Waals surface area contributed by atoms with Crippen LogP contribution in [0.2, 0.25) is 0 Å². The van der Waals surface area contributed by atoms with E-state index in [9.17, 15) is 10.0 Å². The van der Waals surface area contributed by atoms with Gasteiger partial charge in [-0.05, 0) is 62.7 Å². The van der Waals surface area contributed by atoms with E-state index in [1.54, 1.807) is 0 Å². The Balaban J connectivity index is 1.92. The zero-order chi connectivity index (χ0) is 11.3. The van der Waals surface area contributed by atoms with Gasteiger partial charge in [-0.15, -0.1) is 0 Å². The van der Waals surface area contributed by atoms with Crippen molar-refractivity contribution in [2.45, 2.75) is 44.9 Å². The van der Waals surface area contributed by atoms with E-state index in [1.165, 1.54) is 32.7 Å². The molecule has 4 aliphatic rings. The molecule has 0 aliphatic heterocycles. The standard InChI is InChI=1S/C13H21NO2/c1-14(16)12(15)13-3-2-9-4-10(7-13)6-11(5-9)8-13/h9-11,16H,2-8H2,1H3. The summed E-state index contributed by atoms with van der Waals surface area (Å²) in [6.07, 6.45) is 8.27. The number of hydroxylamine groups is 2. The molecule has 0 aromatic rings. The molecule has 0 saturated heterocycles. The van der Waals surface area contributed by atoms with Crippen LogP contribution in [0.15, 0.2) is 0 Å². The van der Waals surface area contributed by atoms with Crippen molar-refractivity contribution in [3.8, 4) is 0 Å². The lowest BCUT2D eigenvalue weighted by molar-refractivity contribution is -0.176. The Kier molecular flexibility index (Phi) is 2.29. The normalized spacial score (nSPS) is 45.5. The van der Waals surface area contributed by atoms with Gasteiger partial charge in [0.2, 0.25) is 0 Å². The monoisotopic (exact) mass is 223 g/mol. The SMILES string of the molecule is CN(O)C(=O)C12CCC3CC(CC(C3)C1)C2. The van der Waals surface area contributed by atoms with Crippen LogP contribution in [0, 0.1) is 23.2 Å². The van der Waals surface area contributed by atoms with Crippen LogP contribution < -0.4 is 0 Å². The highest BCUT2D eigenvalue weighted by Gasteiger charge is 2.52. The number of nitrogens with zero attached hydrogens (tertiary/aromatic N) is 1. The van der Waals surface area contributed by atoms with Crippen LogP contribution in [0.25, 0.3) is 0 Å². The van der Waals surface area contributed by atoms with Gasteiger partial charge in [0.1, 0.15) is 0 Å². The maximum Gasteiger partial charge on any atom is 0.251 e. The summed E-state index contributed by atoms with van der Waals surface area (Å²) in [5.41, 5.74) is -0.206. The van der Waals surface area contributed by atoms with Gasteiger partial charge in [0.25, 0.3) is 5.91 Å². The van der Waals surface area contributed by atoms with Crippen LogP contribution in [0.1, 0.15) is 44.9 Å². The quantitative estimate of drug-likeness (QED) is 0.548. The molecule has 0 heterocycles. The topological polar surface area (TPSA) is 40.5 Å². The fraction of sp³-hybridized carbons (Fsp3) is 0.923. The molecule has 0 aromatic heterocycles. The third-order valence-electron chi connectivity index (χ3n) is 5.14. The molecule has 90 valence electrons. The van der Waals surface area contributed by atoms with Crippen molar-refractivity contribution < 1.29 is 10.0 Å². The smallest absolute Gasteiger partial charge is 0.251 e. The first kappa shape index (κ1) is 10.6.